The summed E-state index contributed by atoms with van der Waals surface area (Å²) in [4.78, 5) is 35.9. The highest BCUT2D eigenvalue weighted by Gasteiger charge is 2.68. The third-order valence-corrected chi connectivity index (χ3v) is 10.7. The molecule has 6 aromatic rings. The van der Waals surface area contributed by atoms with Gasteiger partial charge >= 0.3 is 11.9 Å². The summed E-state index contributed by atoms with van der Waals surface area (Å²) in [5.41, 5.74) is -3.03. The maximum atomic E-state index is 15.3. The minimum atomic E-state index is -5.05. The van der Waals surface area contributed by atoms with Crippen LogP contribution >= 0.6 is 11.3 Å². The summed E-state index contributed by atoms with van der Waals surface area (Å²) >= 11 is 1.18. The predicted molar refractivity (Wildman–Crippen MR) is 185 cm³/mol. The molecule has 5 heterocycles. The number of pyridine rings is 2. The number of aromatic nitrogens is 7. The molecule has 0 saturated heterocycles. The number of hydrogen-bond acceptors (Lipinski definition) is 9. The Hall–Kier alpha value is -5.37. The molecule has 20 heteroatoms. The summed E-state index contributed by atoms with van der Waals surface area (Å²) < 4.78 is 104. The fourth-order valence-corrected chi connectivity index (χ4v) is 8.15. The molecule has 1 amide bonds. The second-order valence-corrected chi connectivity index (χ2v) is 15.5. The van der Waals surface area contributed by atoms with Crippen LogP contribution in [-0.2, 0) is 29.9 Å². The zero-order valence-electron chi connectivity index (χ0n) is 29.0. The molecule has 2 aliphatic carbocycles. The average Bonchev–Trinajstić information content (AvgIpc) is 3.31. The maximum Gasteiger partial charge on any atom is 0.435 e. The third-order valence-electron chi connectivity index (χ3n) is 9.72. The van der Waals surface area contributed by atoms with Crippen LogP contribution in [-0.4, -0.2) is 57.5 Å². The van der Waals surface area contributed by atoms with E-state index in [1.165, 1.54) is 15.7 Å². The number of anilines is 1. The van der Waals surface area contributed by atoms with Crippen molar-refractivity contribution in [2.45, 2.75) is 69.8 Å². The van der Waals surface area contributed by atoms with Crippen LogP contribution in [0.4, 0.5) is 35.9 Å². The van der Waals surface area contributed by atoms with E-state index in [1.54, 1.807) is 39.0 Å². The first-order valence-corrected chi connectivity index (χ1v) is 17.8. The van der Waals surface area contributed by atoms with E-state index in [2.05, 4.69) is 30.9 Å². The first-order chi connectivity index (χ1) is 25.8. The lowest BCUT2D eigenvalue weighted by molar-refractivity contribution is -0.142. The van der Waals surface area contributed by atoms with Gasteiger partial charge in [0.25, 0.3) is 5.92 Å². The molecule has 2 aliphatic rings. The highest BCUT2D eigenvalue weighted by molar-refractivity contribution is 7.22. The second-order valence-electron chi connectivity index (χ2n) is 14.4. The molecule has 8 rings (SSSR count). The van der Waals surface area contributed by atoms with Crippen molar-refractivity contribution in [2.24, 2.45) is 5.92 Å². The van der Waals surface area contributed by atoms with Crippen molar-refractivity contribution in [3.05, 3.63) is 92.4 Å². The van der Waals surface area contributed by atoms with Crippen molar-refractivity contribution < 1.29 is 40.6 Å². The number of carbonyl (C=O) groups excluding carboxylic acids is 1. The van der Waals surface area contributed by atoms with Crippen molar-refractivity contribution in [3.8, 4) is 11.1 Å². The Kier molecular flexibility index (Phi) is 8.37. The summed E-state index contributed by atoms with van der Waals surface area (Å²) in [5, 5.41) is 26.1. The van der Waals surface area contributed by atoms with E-state index in [9.17, 15) is 36.6 Å². The Morgan fingerprint density at radius 2 is 1.84 bits per heavy atom. The molecule has 1 aromatic carbocycles. The Morgan fingerprint density at radius 3 is 2.53 bits per heavy atom. The fourth-order valence-electron chi connectivity index (χ4n) is 7.30. The first-order valence-electron chi connectivity index (χ1n) is 16.9. The van der Waals surface area contributed by atoms with Crippen LogP contribution < -0.4 is 16.3 Å². The van der Waals surface area contributed by atoms with E-state index < -0.39 is 82.3 Å². The van der Waals surface area contributed by atoms with Gasteiger partial charge in [-0.15, -0.1) is 0 Å². The molecule has 12 nitrogen and oxygen atoms in total. The van der Waals surface area contributed by atoms with Crippen LogP contribution in [0.2, 0.25) is 0 Å². The lowest BCUT2D eigenvalue weighted by Gasteiger charge is -2.23. The van der Waals surface area contributed by atoms with Gasteiger partial charge in [0.15, 0.2) is 22.1 Å². The van der Waals surface area contributed by atoms with E-state index in [4.69, 9.17) is 4.98 Å². The Labute approximate surface area is 309 Å². The van der Waals surface area contributed by atoms with Gasteiger partial charge in [-0.2, -0.15) is 32.1 Å². The van der Waals surface area contributed by atoms with Gasteiger partial charge in [0.05, 0.1) is 22.0 Å². The van der Waals surface area contributed by atoms with Crippen LogP contribution in [0, 0.1) is 24.5 Å². The summed E-state index contributed by atoms with van der Waals surface area (Å²) in [6.45, 7) is 3.88. The number of amides is 1. The number of rotatable bonds is 10. The molecule has 1 saturated carbocycles. The van der Waals surface area contributed by atoms with Gasteiger partial charge in [-0.05, 0) is 75.4 Å². The van der Waals surface area contributed by atoms with E-state index in [1.807, 2.05) is 0 Å². The summed E-state index contributed by atoms with van der Waals surface area (Å²) in [6.07, 6.45) is -5.52. The minimum absolute atomic E-state index is 0.0469. The number of aliphatic hydroxyl groups is 1. The zero-order chi connectivity index (χ0) is 39.4. The first kappa shape index (κ1) is 36.6. The molecule has 55 heavy (non-hydrogen) atoms. The Bertz CT molecular complexity index is 2570. The van der Waals surface area contributed by atoms with E-state index in [0.717, 1.165) is 12.1 Å². The number of halogens is 7. The van der Waals surface area contributed by atoms with E-state index in [-0.39, 0.29) is 41.9 Å². The largest absolute Gasteiger partial charge is 0.435 e. The van der Waals surface area contributed by atoms with Gasteiger partial charge in [0.1, 0.15) is 23.9 Å². The fraction of sp³-hybridized carbons (Fsp3) is 0.371. The molecule has 288 valence electrons. The van der Waals surface area contributed by atoms with Crippen LogP contribution in [0.25, 0.3) is 27.1 Å². The van der Waals surface area contributed by atoms with Gasteiger partial charge < -0.3 is 15.7 Å². The summed E-state index contributed by atoms with van der Waals surface area (Å²) in [6, 6.07) is 6.25. The zero-order valence-corrected chi connectivity index (χ0v) is 29.8. The lowest BCUT2D eigenvalue weighted by Crippen LogP contribution is -2.35. The van der Waals surface area contributed by atoms with Crippen LogP contribution in [0.15, 0.2) is 41.2 Å². The number of carbonyl (C=O) groups is 1. The van der Waals surface area contributed by atoms with Crippen LogP contribution in [0.5, 0.6) is 0 Å². The maximum absolute atomic E-state index is 15.3. The number of aromatic amines is 1. The van der Waals surface area contributed by atoms with Crippen molar-refractivity contribution >= 4 is 38.4 Å². The summed E-state index contributed by atoms with van der Waals surface area (Å²) in [7, 11) is 0. The number of fused-ring (bicyclic) bond motifs is 5. The molecule has 1 unspecified atom stereocenters. The number of thiazole rings is 1. The van der Waals surface area contributed by atoms with Gasteiger partial charge in [-0.1, -0.05) is 11.3 Å². The van der Waals surface area contributed by atoms with Crippen molar-refractivity contribution in [1.29, 1.82) is 0 Å². The molecule has 1 fully saturated rings. The molecule has 0 spiro atoms. The summed E-state index contributed by atoms with van der Waals surface area (Å²) in [5.74, 6) is -8.92. The minimum Gasteiger partial charge on any atom is -0.389 e. The number of aryl methyl sites for hydroxylation is 1. The van der Waals surface area contributed by atoms with Crippen LogP contribution in [0.1, 0.15) is 66.1 Å². The quantitative estimate of drug-likeness (QED) is 0.124. The molecule has 0 aliphatic heterocycles. The van der Waals surface area contributed by atoms with Gasteiger partial charge in [-0.25, -0.2) is 33.0 Å². The van der Waals surface area contributed by atoms with Crippen LogP contribution in [0.3, 0.4) is 0 Å². The molecule has 3 atom stereocenters. The predicted octanol–water partition coefficient (Wildman–Crippen LogP) is 5.99. The topological polar surface area (TPSA) is 155 Å². The van der Waals surface area contributed by atoms with Crippen molar-refractivity contribution in [2.75, 3.05) is 11.9 Å². The Balaban J connectivity index is 1.26. The number of benzene rings is 1. The molecule has 5 aromatic heterocycles. The number of nitrogens with zero attached hydrogens (tertiary/aromatic N) is 6. The van der Waals surface area contributed by atoms with Crippen molar-refractivity contribution in [1.82, 2.24) is 39.7 Å². The Morgan fingerprint density at radius 1 is 1.11 bits per heavy atom. The average molecular weight is 790 g/mol. The highest BCUT2D eigenvalue weighted by atomic mass is 32.1. The molecular formula is C35H30F7N9O3S. The normalized spacial score (nSPS) is 18.1. The van der Waals surface area contributed by atoms with E-state index >= 15 is 8.78 Å². The lowest BCUT2D eigenvalue weighted by atomic mass is 9.94. The highest BCUT2D eigenvalue weighted by Crippen LogP contribution is 2.68. The SMILES string of the molecule is Cc1c(-c2cc3sc(NCC(C)(C)O)nc3nc2[C@H](Cc2cc(F)cc(F)c2)NC(=O)Cn2nc(C(F)(F)F)c3c2C(F)(F)C2C[C@H]32)ccc2n[nH]c(=O)n12. The second kappa shape index (κ2) is 12.6. The number of nitrogens with one attached hydrogen (secondary N) is 3. The molecule has 4 N–H and O–H groups in total. The molecule has 0 radical (unpaired) electrons. The molecular weight excluding hydrogens is 759 g/mol. The van der Waals surface area contributed by atoms with Gasteiger partial charge in [0, 0.05) is 40.9 Å². The van der Waals surface area contributed by atoms with E-state index in [0.29, 0.717) is 37.4 Å². The van der Waals surface area contributed by atoms with Crippen molar-refractivity contribution in [3.63, 3.8) is 0 Å². The number of hydrogen-bond donors (Lipinski definition) is 4. The van der Waals surface area contributed by atoms with Gasteiger partial charge in [0.2, 0.25) is 5.91 Å². The van der Waals surface area contributed by atoms with Gasteiger partial charge in [-0.3, -0.25) is 9.48 Å². The monoisotopic (exact) mass is 789 g/mol. The molecule has 0 bridgehead atoms. The third kappa shape index (κ3) is 6.59. The smallest absolute Gasteiger partial charge is 0.389 e. The number of H-pyrrole nitrogens is 1. The standard InChI is InChI=1S/C35H30F7N9O3S/c1-14-18(4-5-24-47-48-32(53)51(14)24)19-11-23-30(46-31(55-23)43-13-33(2,3)54)45-27(19)22(8-15-6-16(36)9-17(37)7-15)44-25(52)12-50-29-26(28(49-50)35(40,41)42)20-10-21(20)34(29,38)39/h4-7,9,11,20-22,54H,8,10,12-13H2,1-3H3,(H,44,52)(H,48,53)(H,43,45,46)/t20-,21?,22-/m0/s1. The number of alkyl halides is 5.